The van der Waals surface area contributed by atoms with Crippen LogP contribution < -0.4 is 0 Å². The van der Waals surface area contributed by atoms with Crippen LogP contribution in [0.5, 0.6) is 5.75 Å². The zero-order chi connectivity index (χ0) is 18.2. The molecular weight excluding hydrogens is 316 g/mol. The van der Waals surface area contributed by atoms with Crippen LogP contribution in [0.15, 0.2) is 36.4 Å². The van der Waals surface area contributed by atoms with E-state index in [1.165, 1.54) is 12.1 Å². The minimum atomic E-state index is -0.819. The molecule has 1 fully saturated rings. The Hall–Kier alpha value is -1.81. The molecule has 0 radical (unpaired) electrons. The van der Waals surface area contributed by atoms with Gasteiger partial charge in [0, 0.05) is 12.3 Å². The van der Waals surface area contributed by atoms with Crippen molar-refractivity contribution in [3.63, 3.8) is 0 Å². The number of aliphatic hydroxyl groups is 1. The summed E-state index contributed by atoms with van der Waals surface area (Å²) in [4.78, 5) is 12.6. The van der Waals surface area contributed by atoms with Crippen LogP contribution in [0, 0.1) is 17.3 Å². The van der Waals surface area contributed by atoms with Crippen LogP contribution in [0.25, 0.3) is 0 Å². The number of esters is 1. The summed E-state index contributed by atoms with van der Waals surface area (Å²) in [6, 6.07) is 6.08. The molecule has 1 aromatic carbocycles. The lowest BCUT2D eigenvalue weighted by Gasteiger charge is -2.43. The smallest absolute Gasteiger partial charge is 0.338 e. The summed E-state index contributed by atoms with van der Waals surface area (Å²) in [5.41, 5.74) is -0.467. The van der Waals surface area contributed by atoms with E-state index in [1.807, 2.05) is 13.8 Å². The summed E-state index contributed by atoms with van der Waals surface area (Å²) in [6.07, 6.45) is 7.09. The summed E-state index contributed by atoms with van der Waals surface area (Å²) in [6.45, 7) is 6.29. The molecule has 0 spiro atoms. The third-order valence-corrected chi connectivity index (χ3v) is 6.24. The molecule has 4 heteroatoms. The first-order chi connectivity index (χ1) is 11.8. The highest BCUT2D eigenvalue weighted by Gasteiger charge is 2.58. The van der Waals surface area contributed by atoms with Crippen LogP contribution in [-0.4, -0.2) is 27.9 Å². The Morgan fingerprint density at radius 1 is 1.20 bits per heavy atom. The first-order valence-electron chi connectivity index (χ1n) is 9.14. The van der Waals surface area contributed by atoms with Crippen molar-refractivity contribution in [2.45, 2.75) is 58.2 Å². The third kappa shape index (κ3) is 3.20. The minimum absolute atomic E-state index is 0.0636. The van der Waals surface area contributed by atoms with E-state index in [0.29, 0.717) is 12.0 Å². The second-order valence-corrected chi connectivity index (χ2v) is 8.18. The molecule has 136 valence electrons. The molecular formula is C21H28O4. The van der Waals surface area contributed by atoms with Crippen LogP contribution in [0.3, 0.4) is 0 Å². The van der Waals surface area contributed by atoms with Gasteiger partial charge in [0.2, 0.25) is 0 Å². The first kappa shape index (κ1) is 18.0. The van der Waals surface area contributed by atoms with E-state index in [2.05, 4.69) is 19.1 Å². The second kappa shape index (κ2) is 6.49. The zero-order valence-electron chi connectivity index (χ0n) is 15.2. The van der Waals surface area contributed by atoms with Gasteiger partial charge in [0.1, 0.15) is 11.9 Å². The number of fused-ring (bicyclic) bond motifs is 1. The van der Waals surface area contributed by atoms with E-state index in [1.54, 1.807) is 12.1 Å². The van der Waals surface area contributed by atoms with Crippen molar-refractivity contribution in [3.8, 4) is 5.75 Å². The molecule has 2 N–H and O–H groups in total. The van der Waals surface area contributed by atoms with Crippen molar-refractivity contribution in [1.29, 1.82) is 0 Å². The quantitative estimate of drug-likeness (QED) is 0.641. The van der Waals surface area contributed by atoms with Crippen molar-refractivity contribution >= 4 is 5.97 Å². The van der Waals surface area contributed by atoms with Crippen molar-refractivity contribution in [2.75, 3.05) is 0 Å². The van der Waals surface area contributed by atoms with E-state index >= 15 is 0 Å². The molecule has 0 aliphatic heterocycles. The first-order valence-corrected chi connectivity index (χ1v) is 9.14. The van der Waals surface area contributed by atoms with Gasteiger partial charge in [-0.3, -0.25) is 0 Å². The van der Waals surface area contributed by atoms with Gasteiger partial charge in [0.05, 0.1) is 11.2 Å². The van der Waals surface area contributed by atoms with E-state index in [-0.39, 0.29) is 29.1 Å². The number of allylic oxidation sites excluding steroid dienone is 1. The maximum absolute atomic E-state index is 12.6. The highest BCUT2D eigenvalue weighted by molar-refractivity contribution is 5.89. The van der Waals surface area contributed by atoms with Gasteiger partial charge in [0.25, 0.3) is 0 Å². The number of hydrogen-bond acceptors (Lipinski definition) is 4. The van der Waals surface area contributed by atoms with Gasteiger partial charge < -0.3 is 14.9 Å². The molecule has 0 bridgehead atoms. The van der Waals surface area contributed by atoms with Crippen molar-refractivity contribution < 1.29 is 19.7 Å². The predicted molar refractivity (Wildman–Crippen MR) is 96.3 cm³/mol. The maximum atomic E-state index is 12.6. The predicted octanol–water partition coefficient (Wildman–Crippen LogP) is 4.07. The van der Waals surface area contributed by atoms with Crippen LogP contribution in [0.4, 0.5) is 0 Å². The molecule has 1 saturated carbocycles. The molecule has 2 aliphatic carbocycles. The third-order valence-electron chi connectivity index (χ3n) is 6.24. The van der Waals surface area contributed by atoms with Crippen LogP contribution in [0.1, 0.15) is 56.8 Å². The Labute approximate surface area is 149 Å². The van der Waals surface area contributed by atoms with E-state index < -0.39 is 11.6 Å². The molecule has 2 aliphatic rings. The van der Waals surface area contributed by atoms with Gasteiger partial charge in [-0.15, -0.1) is 0 Å². The molecule has 3 rings (SSSR count). The largest absolute Gasteiger partial charge is 0.508 e. The summed E-state index contributed by atoms with van der Waals surface area (Å²) in [5, 5.41) is 20.8. The van der Waals surface area contributed by atoms with Crippen molar-refractivity contribution in [3.05, 3.63) is 42.0 Å². The van der Waals surface area contributed by atoms with E-state index in [4.69, 9.17) is 4.74 Å². The Morgan fingerprint density at radius 2 is 1.88 bits per heavy atom. The molecule has 0 heterocycles. The maximum Gasteiger partial charge on any atom is 0.338 e. The fourth-order valence-electron chi connectivity index (χ4n) is 4.69. The number of carbonyl (C=O) groups is 1. The van der Waals surface area contributed by atoms with Crippen molar-refractivity contribution in [2.24, 2.45) is 17.3 Å². The number of phenolic OH excluding ortho intramolecular Hbond substituents is 1. The van der Waals surface area contributed by atoms with Gasteiger partial charge in [-0.05, 0) is 54.9 Å². The van der Waals surface area contributed by atoms with Gasteiger partial charge in [0.15, 0.2) is 0 Å². The van der Waals surface area contributed by atoms with E-state index in [0.717, 1.165) is 19.3 Å². The van der Waals surface area contributed by atoms with Crippen molar-refractivity contribution in [1.82, 2.24) is 0 Å². The van der Waals surface area contributed by atoms with Crippen LogP contribution >= 0.6 is 0 Å². The number of rotatable bonds is 3. The Balaban J connectivity index is 1.88. The second-order valence-electron chi connectivity index (χ2n) is 8.18. The van der Waals surface area contributed by atoms with Crippen LogP contribution in [0.2, 0.25) is 0 Å². The number of phenols is 1. The number of ether oxygens (including phenoxy) is 1. The summed E-state index contributed by atoms with van der Waals surface area (Å²) < 4.78 is 5.89. The number of hydrogen-bond donors (Lipinski definition) is 2. The normalized spacial score (nSPS) is 34.6. The highest BCUT2D eigenvalue weighted by Crippen LogP contribution is 2.57. The fourth-order valence-corrected chi connectivity index (χ4v) is 4.69. The van der Waals surface area contributed by atoms with Gasteiger partial charge in [-0.1, -0.05) is 32.9 Å². The molecule has 0 saturated heterocycles. The lowest BCUT2D eigenvalue weighted by atomic mass is 9.68. The molecule has 4 nitrogen and oxygen atoms in total. The summed E-state index contributed by atoms with van der Waals surface area (Å²) in [5.74, 6) is -0.268. The van der Waals surface area contributed by atoms with E-state index in [9.17, 15) is 15.0 Å². The monoisotopic (exact) mass is 344 g/mol. The topological polar surface area (TPSA) is 66.8 Å². The number of benzene rings is 1. The Morgan fingerprint density at radius 3 is 2.52 bits per heavy atom. The molecule has 4 atom stereocenters. The summed E-state index contributed by atoms with van der Waals surface area (Å²) >= 11 is 0. The highest BCUT2D eigenvalue weighted by atomic mass is 16.5. The van der Waals surface area contributed by atoms with Gasteiger partial charge in [-0.2, -0.15) is 0 Å². The average Bonchev–Trinajstić information content (AvgIpc) is 2.73. The molecule has 0 aromatic heterocycles. The average molecular weight is 344 g/mol. The molecule has 0 amide bonds. The fraction of sp³-hybridized carbons (Fsp3) is 0.571. The lowest BCUT2D eigenvalue weighted by Crippen LogP contribution is -2.50. The summed E-state index contributed by atoms with van der Waals surface area (Å²) in [7, 11) is 0. The molecule has 25 heavy (non-hydrogen) atoms. The number of aromatic hydroxyl groups is 1. The van der Waals surface area contributed by atoms with Gasteiger partial charge in [-0.25, -0.2) is 4.79 Å². The Bertz CT molecular complexity index is 663. The molecule has 0 unspecified atom stereocenters. The molecule has 1 aromatic rings. The minimum Gasteiger partial charge on any atom is -0.508 e. The Kier molecular flexibility index (Phi) is 4.67. The standard InChI is InChI=1S/C21H28O4/c1-14(2)21(24)13-12-20(3)11-5-4-6-17(18(20)21)25-19(23)15-7-9-16(22)10-8-15/h4-5,7-10,14,17-18,22,24H,6,11-13H2,1-3H3/t17-,18-,20+,21-/m1/s1. The lowest BCUT2D eigenvalue weighted by molar-refractivity contribution is -0.111. The van der Waals surface area contributed by atoms with Gasteiger partial charge >= 0.3 is 5.97 Å². The number of carbonyl (C=O) groups excluding carboxylic acids is 1. The zero-order valence-corrected chi connectivity index (χ0v) is 15.2. The SMILES string of the molecule is CC(C)[C@]1(O)CC[C@]2(C)CC=CC[C@@H](OC(=O)c3ccc(O)cc3)[C@H]21. The van der Waals surface area contributed by atoms with Crippen LogP contribution in [-0.2, 0) is 4.74 Å².